The van der Waals surface area contributed by atoms with Crippen molar-refractivity contribution in [2.45, 2.75) is 19.9 Å². The van der Waals surface area contributed by atoms with Crippen molar-refractivity contribution in [1.82, 2.24) is 9.80 Å². The molecular formula is C22H26BrN3O3. The molecule has 0 spiro atoms. The number of para-hydroxylation sites is 1. The summed E-state index contributed by atoms with van der Waals surface area (Å²) in [6.45, 7) is 7.31. The third-order valence-corrected chi connectivity index (χ3v) is 5.99. The number of nitrogens with one attached hydrogen (secondary N) is 1. The molecule has 1 amide bonds. The van der Waals surface area contributed by atoms with Crippen LogP contribution in [-0.4, -0.2) is 55.2 Å². The number of ether oxygens (including phenoxy) is 2. The molecule has 6 nitrogen and oxygen atoms in total. The van der Waals surface area contributed by atoms with Gasteiger partial charge in [0.05, 0.1) is 11.0 Å². The lowest BCUT2D eigenvalue weighted by molar-refractivity contribution is -0.117. The fraction of sp³-hybridized carbons (Fsp3) is 0.409. The number of piperazine rings is 1. The Balaban J connectivity index is 1.26. The summed E-state index contributed by atoms with van der Waals surface area (Å²) in [4.78, 5) is 17.1. The number of amides is 1. The molecule has 4 rings (SSSR count). The van der Waals surface area contributed by atoms with Crippen LogP contribution in [0.5, 0.6) is 11.5 Å². The second-order valence-corrected chi connectivity index (χ2v) is 8.28. The van der Waals surface area contributed by atoms with Crippen molar-refractivity contribution in [3.8, 4) is 11.5 Å². The minimum Gasteiger partial charge on any atom is -0.454 e. The summed E-state index contributed by atoms with van der Waals surface area (Å²) in [7, 11) is 0. The number of fused-ring (bicyclic) bond motifs is 1. The Hall–Kier alpha value is -2.09. The number of anilines is 1. The first kappa shape index (κ1) is 20.2. The number of benzene rings is 2. The van der Waals surface area contributed by atoms with Crippen LogP contribution in [0.4, 0.5) is 5.69 Å². The van der Waals surface area contributed by atoms with Gasteiger partial charge in [0.25, 0.3) is 0 Å². The average Bonchev–Trinajstić information content (AvgIpc) is 3.19. The van der Waals surface area contributed by atoms with Crippen molar-refractivity contribution in [3.63, 3.8) is 0 Å². The summed E-state index contributed by atoms with van der Waals surface area (Å²) in [6.07, 6.45) is 0.908. The third-order valence-electron chi connectivity index (χ3n) is 5.40. The van der Waals surface area contributed by atoms with Crippen LogP contribution < -0.4 is 14.8 Å². The average molecular weight is 460 g/mol. The van der Waals surface area contributed by atoms with E-state index in [9.17, 15) is 4.79 Å². The van der Waals surface area contributed by atoms with Crippen LogP contribution in [0.25, 0.3) is 0 Å². The number of carbonyl (C=O) groups is 1. The summed E-state index contributed by atoms with van der Waals surface area (Å²) in [5.74, 6) is 1.64. The minimum absolute atomic E-state index is 0.0547. The van der Waals surface area contributed by atoms with Gasteiger partial charge in [-0.25, -0.2) is 0 Å². The second-order valence-electron chi connectivity index (χ2n) is 7.42. The monoisotopic (exact) mass is 459 g/mol. The lowest BCUT2D eigenvalue weighted by Crippen LogP contribution is -2.48. The van der Waals surface area contributed by atoms with Gasteiger partial charge in [0.15, 0.2) is 11.5 Å². The number of hydrogen-bond donors (Lipinski definition) is 1. The fourth-order valence-corrected chi connectivity index (χ4v) is 4.42. The minimum atomic E-state index is 0.0547. The Kier molecular flexibility index (Phi) is 6.37. The first-order chi connectivity index (χ1) is 14.1. The maximum Gasteiger partial charge on any atom is 0.238 e. The van der Waals surface area contributed by atoms with Crippen LogP contribution in [0.2, 0.25) is 0 Å². The number of carbonyl (C=O) groups excluding carboxylic acids is 1. The first-order valence-electron chi connectivity index (χ1n) is 10.0. The molecule has 2 aliphatic heterocycles. The quantitative estimate of drug-likeness (QED) is 0.716. The van der Waals surface area contributed by atoms with E-state index >= 15 is 0 Å². The topological polar surface area (TPSA) is 54.0 Å². The molecule has 1 fully saturated rings. The molecule has 1 N–H and O–H groups in total. The Labute approximate surface area is 179 Å². The van der Waals surface area contributed by atoms with Gasteiger partial charge < -0.3 is 14.8 Å². The van der Waals surface area contributed by atoms with E-state index in [-0.39, 0.29) is 12.7 Å². The Bertz CT molecular complexity index is 882. The van der Waals surface area contributed by atoms with Gasteiger partial charge in [0, 0.05) is 38.4 Å². The maximum atomic E-state index is 12.5. The standard InChI is InChI=1S/C22H26BrN3O3/c1-2-17-5-3-4-6-19(17)24-21(27)14-26-9-7-25(8-10-26)13-16-11-18(23)22-20(12-16)28-15-29-22/h3-6,11-12H,2,7-10,13-15H2,1H3,(H,24,27). The highest BCUT2D eigenvalue weighted by molar-refractivity contribution is 9.10. The van der Waals surface area contributed by atoms with E-state index in [4.69, 9.17) is 9.47 Å². The number of halogens is 1. The zero-order valence-corrected chi connectivity index (χ0v) is 18.2. The van der Waals surface area contributed by atoms with Crippen molar-refractivity contribution in [2.75, 3.05) is 44.8 Å². The molecule has 0 saturated carbocycles. The van der Waals surface area contributed by atoms with Crippen molar-refractivity contribution in [1.29, 1.82) is 0 Å². The predicted molar refractivity (Wildman–Crippen MR) is 116 cm³/mol. The summed E-state index contributed by atoms with van der Waals surface area (Å²) in [5, 5.41) is 3.06. The summed E-state index contributed by atoms with van der Waals surface area (Å²) < 4.78 is 11.9. The van der Waals surface area contributed by atoms with Gasteiger partial charge in [-0.2, -0.15) is 0 Å². The lowest BCUT2D eigenvalue weighted by Gasteiger charge is -2.34. The Morgan fingerprint density at radius 2 is 1.86 bits per heavy atom. The smallest absolute Gasteiger partial charge is 0.238 e. The lowest BCUT2D eigenvalue weighted by atomic mass is 10.1. The highest BCUT2D eigenvalue weighted by Gasteiger charge is 2.22. The van der Waals surface area contributed by atoms with Crippen LogP contribution >= 0.6 is 15.9 Å². The van der Waals surface area contributed by atoms with Gasteiger partial charge in [-0.15, -0.1) is 0 Å². The van der Waals surface area contributed by atoms with E-state index in [1.165, 1.54) is 11.1 Å². The summed E-state index contributed by atoms with van der Waals surface area (Å²) >= 11 is 3.56. The van der Waals surface area contributed by atoms with E-state index in [1.54, 1.807) is 0 Å². The van der Waals surface area contributed by atoms with E-state index in [1.807, 2.05) is 18.2 Å². The highest BCUT2D eigenvalue weighted by Crippen LogP contribution is 2.40. The molecule has 0 radical (unpaired) electrons. The predicted octanol–water partition coefficient (Wildman–Crippen LogP) is 3.50. The van der Waals surface area contributed by atoms with Gasteiger partial charge in [0.1, 0.15) is 0 Å². The van der Waals surface area contributed by atoms with Crippen molar-refractivity contribution in [2.24, 2.45) is 0 Å². The van der Waals surface area contributed by atoms with Crippen LogP contribution in [0.1, 0.15) is 18.1 Å². The number of rotatable bonds is 6. The molecule has 2 heterocycles. The molecule has 0 atom stereocenters. The number of nitrogens with zero attached hydrogens (tertiary/aromatic N) is 2. The molecule has 0 aliphatic carbocycles. The molecule has 2 aliphatic rings. The van der Waals surface area contributed by atoms with Gasteiger partial charge in [0.2, 0.25) is 12.7 Å². The number of hydrogen-bond acceptors (Lipinski definition) is 5. The molecule has 29 heavy (non-hydrogen) atoms. The van der Waals surface area contributed by atoms with Crippen LogP contribution in [-0.2, 0) is 17.8 Å². The van der Waals surface area contributed by atoms with E-state index in [0.717, 1.165) is 60.8 Å². The molecule has 154 valence electrons. The summed E-state index contributed by atoms with van der Waals surface area (Å²) in [6, 6.07) is 12.1. The zero-order chi connectivity index (χ0) is 20.2. The largest absolute Gasteiger partial charge is 0.454 e. The fourth-order valence-electron chi connectivity index (χ4n) is 3.82. The highest BCUT2D eigenvalue weighted by atomic mass is 79.9. The molecule has 2 aromatic rings. The third kappa shape index (κ3) is 4.91. The van der Waals surface area contributed by atoms with E-state index < -0.39 is 0 Å². The molecule has 1 saturated heterocycles. The SMILES string of the molecule is CCc1ccccc1NC(=O)CN1CCN(Cc2cc(Br)c3c(c2)OCO3)CC1. The first-order valence-corrected chi connectivity index (χ1v) is 10.8. The van der Waals surface area contributed by atoms with Crippen molar-refractivity contribution in [3.05, 3.63) is 52.0 Å². The zero-order valence-electron chi connectivity index (χ0n) is 16.6. The van der Waals surface area contributed by atoms with Crippen LogP contribution in [0.3, 0.4) is 0 Å². The van der Waals surface area contributed by atoms with Gasteiger partial charge >= 0.3 is 0 Å². The van der Waals surface area contributed by atoms with Crippen LogP contribution in [0, 0.1) is 0 Å². The second kappa shape index (κ2) is 9.15. The molecule has 0 aromatic heterocycles. The normalized spacial score (nSPS) is 16.8. The Morgan fingerprint density at radius 3 is 2.66 bits per heavy atom. The van der Waals surface area contributed by atoms with E-state index in [0.29, 0.717) is 6.54 Å². The molecule has 0 unspecified atom stereocenters. The Morgan fingerprint density at radius 1 is 1.10 bits per heavy atom. The number of aryl methyl sites for hydroxylation is 1. The van der Waals surface area contributed by atoms with Gasteiger partial charge in [-0.1, -0.05) is 25.1 Å². The van der Waals surface area contributed by atoms with E-state index in [2.05, 4.69) is 56.2 Å². The summed E-state index contributed by atoms with van der Waals surface area (Å²) in [5.41, 5.74) is 3.29. The van der Waals surface area contributed by atoms with Crippen LogP contribution in [0.15, 0.2) is 40.9 Å². The molecule has 7 heteroatoms. The van der Waals surface area contributed by atoms with Crippen molar-refractivity contribution < 1.29 is 14.3 Å². The molecule has 0 bridgehead atoms. The van der Waals surface area contributed by atoms with Gasteiger partial charge in [-0.3, -0.25) is 14.6 Å². The molecular weight excluding hydrogens is 434 g/mol. The maximum absolute atomic E-state index is 12.5. The van der Waals surface area contributed by atoms with Gasteiger partial charge in [-0.05, 0) is 51.7 Å². The van der Waals surface area contributed by atoms with Crippen molar-refractivity contribution >= 4 is 27.5 Å². The molecule has 2 aromatic carbocycles.